The molecule has 0 saturated carbocycles. The second-order valence-electron chi connectivity index (χ2n) is 6.76. The number of sulfone groups is 1. The first-order chi connectivity index (χ1) is 10.8. The highest BCUT2D eigenvalue weighted by Crippen LogP contribution is 2.28. The van der Waals surface area contributed by atoms with Crippen molar-refractivity contribution in [1.82, 2.24) is 4.90 Å². The van der Waals surface area contributed by atoms with Gasteiger partial charge < -0.3 is 10.6 Å². The molecule has 128 valence electrons. The lowest BCUT2D eigenvalue weighted by molar-refractivity contribution is -0.127. The molecular formula is C17H26N2O3S. The van der Waals surface area contributed by atoms with Crippen LogP contribution < -0.4 is 5.73 Å². The molecule has 1 aromatic rings. The zero-order valence-electron chi connectivity index (χ0n) is 13.7. The van der Waals surface area contributed by atoms with Gasteiger partial charge in [0, 0.05) is 13.1 Å². The number of benzene rings is 1. The van der Waals surface area contributed by atoms with Crippen LogP contribution in [0.4, 0.5) is 0 Å². The van der Waals surface area contributed by atoms with Crippen molar-refractivity contribution in [2.24, 2.45) is 11.1 Å². The van der Waals surface area contributed by atoms with Crippen molar-refractivity contribution in [1.29, 1.82) is 0 Å². The number of hydrogen-bond acceptors (Lipinski definition) is 4. The van der Waals surface area contributed by atoms with Gasteiger partial charge in [-0.3, -0.25) is 4.79 Å². The van der Waals surface area contributed by atoms with Crippen LogP contribution in [0.2, 0.25) is 0 Å². The molecule has 1 amide bonds. The maximum atomic E-state index is 12.2. The first-order valence-corrected chi connectivity index (χ1v) is 9.88. The Morgan fingerprint density at radius 3 is 2.61 bits per heavy atom. The third-order valence-electron chi connectivity index (χ3n) is 4.51. The number of nitrogens with zero attached hydrogens (tertiary/aromatic N) is 1. The van der Waals surface area contributed by atoms with E-state index in [0.717, 1.165) is 12.0 Å². The minimum atomic E-state index is -3.35. The van der Waals surface area contributed by atoms with Gasteiger partial charge in [0.1, 0.15) is 5.75 Å². The topological polar surface area (TPSA) is 80.5 Å². The summed E-state index contributed by atoms with van der Waals surface area (Å²) in [5.74, 6) is -0.625. The summed E-state index contributed by atoms with van der Waals surface area (Å²) in [6.45, 7) is 3.71. The summed E-state index contributed by atoms with van der Waals surface area (Å²) in [7, 11) is -3.35. The summed E-state index contributed by atoms with van der Waals surface area (Å²) >= 11 is 0. The fourth-order valence-electron chi connectivity index (χ4n) is 2.90. The fraction of sp³-hybridized carbons (Fsp3) is 0.588. The molecule has 1 aliphatic heterocycles. The molecule has 0 spiro atoms. The second kappa shape index (κ2) is 7.45. The Balaban J connectivity index is 1.80. The van der Waals surface area contributed by atoms with Crippen molar-refractivity contribution < 1.29 is 13.2 Å². The van der Waals surface area contributed by atoms with Crippen LogP contribution in [0.3, 0.4) is 0 Å². The molecular weight excluding hydrogens is 312 g/mol. The average Bonchev–Trinajstić information content (AvgIpc) is 2.91. The predicted octanol–water partition coefficient (Wildman–Crippen LogP) is 1.23. The first kappa shape index (κ1) is 17.9. The third-order valence-corrected chi connectivity index (χ3v) is 6.11. The van der Waals surface area contributed by atoms with Gasteiger partial charge >= 0.3 is 0 Å². The van der Waals surface area contributed by atoms with Crippen LogP contribution >= 0.6 is 0 Å². The van der Waals surface area contributed by atoms with Crippen LogP contribution in [0.1, 0.15) is 25.3 Å². The highest BCUT2D eigenvalue weighted by atomic mass is 32.2. The van der Waals surface area contributed by atoms with Gasteiger partial charge in [0.25, 0.3) is 0 Å². The minimum absolute atomic E-state index is 0.0512. The van der Waals surface area contributed by atoms with Crippen molar-refractivity contribution >= 4 is 15.7 Å². The summed E-state index contributed by atoms with van der Waals surface area (Å²) in [6, 6.07) is 9.78. The molecule has 1 heterocycles. The molecule has 6 heteroatoms. The Kier molecular flexibility index (Phi) is 5.81. The van der Waals surface area contributed by atoms with E-state index in [1.807, 2.05) is 37.3 Å². The molecule has 2 rings (SSSR count). The third kappa shape index (κ3) is 5.32. The van der Waals surface area contributed by atoms with Crippen LogP contribution in [-0.2, 0) is 21.1 Å². The zero-order valence-corrected chi connectivity index (χ0v) is 14.5. The van der Waals surface area contributed by atoms with Crippen LogP contribution in [-0.4, -0.2) is 50.4 Å². The molecule has 0 aromatic heterocycles. The first-order valence-electron chi connectivity index (χ1n) is 8.06. The van der Waals surface area contributed by atoms with Crippen molar-refractivity contribution in [3.05, 3.63) is 35.9 Å². The lowest BCUT2D eigenvalue weighted by Gasteiger charge is -2.22. The molecule has 0 bridgehead atoms. The maximum absolute atomic E-state index is 12.2. The summed E-state index contributed by atoms with van der Waals surface area (Å²) in [5, 5.41) is 0. The molecule has 1 aromatic carbocycles. The smallest absolute Gasteiger partial charge is 0.237 e. The highest BCUT2D eigenvalue weighted by molar-refractivity contribution is 7.92. The van der Waals surface area contributed by atoms with E-state index in [4.69, 9.17) is 5.73 Å². The van der Waals surface area contributed by atoms with E-state index in [2.05, 4.69) is 0 Å². The van der Waals surface area contributed by atoms with Gasteiger partial charge in [-0.15, -0.1) is 0 Å². The summed E-state index contributed by atoms with van der Waals surface area (Å²) in [4.78, 5) is 13.8. The quantitative estimate of drug-likeness (QED) is 0.811. The molecule has 23 heavy (non-hydrogen) atoms. The highest BCUT2D eigenvalue weighted by Gasteiger charge is 2.35. The number of rotatable bonds is 7. The Morgan fingerprint density at radius 1 is 1.30 bits per heavy atom. The Bertz CT molecular complexity index is 630. The summed E-state index contributed by atoms with van der Waals surface area (Å²) in [5.41, 5.74) is 6.76. The average molecular weight is 338 g/mol. The molecule has 2 N–H and O–H groups in total. The van der Waals surface area contributed by atoms with Crippen molar-refractivity contribution in [3.8, 4) is 0 Å². The normalized spacial score (nSPS) is 21.6. The molecule has 0 radical (unpaired) electrons. The largest absolute Gasteiger partial charge is 0.341 e. The lowest BCUT2D eigenvalue weighted by atomic mass is 9.90. The van der Waals surface area contributed by atoms with Gasteiger partial charge in [-0.1, -0.05) is 37.3 Å². The van der Waals surface area contributed by atoms with Crippen LogP contribution in [0.25, 0.3) is 0 Å². The number of aryl methyl sites for hydroxylation is 1. The number of likely N-dealkylation sites (tertiary alicyclic amines) is 1. The van der Waals surface area contributed by atoms with Crippen LogP contribution in [0, 0.1) is 5.41 Å². The van der Waals surface area contributed by atoms with E-state index in [1.165, 1.54) is 0 Å². The molecule has 1 unspecified atom stereocenters. The van der Waals surface area contributed by atoms with Crippen molar-refractivity contribution in [3.63, 3.8) is 0 Å². The van der Waals surface area contributed by atoms with E-state index in [0.29, 0.717) is 32.5 Å². The lowest BCUT2D eigenvalue weighted by Crippen LogP contribution is -2.37. The second-order valence-corrected chi connectivity index (χ2v) is 8.95. The van der Waals surface area contributed by atoms with Gasteiger partial charge in [0.15, 0.2) is 9.84 Å². The van der Waals surface area contributed by atoms with E-state index >= 15 is 0 Å². The van der Waals surface area contributed by atoms with Gasteiger partial charge in [-0.05, 0) is 36.8 Å². The molecule has 1 fully saturated rings. The monoisotopic (exact) mass is 338 g/mol. The van der Waals surface area contributed by atoms with Gasteiger partial charge in [0.05, 0.1) is 5.75 Å². The maximum Gasteiger partial charge on any atom is 0.237 e. The Morgan fingerprint density at radius 2 is 2.00 bits per heavy atom. The van der Waals surface area contributed by atoms with Gasteiger partial charge in [0.2, 0.25) is 5.91 Å². The van der Waals surface area contributed by atoms with Gasteiger partial charge in [-0.2, -0.15) is 0 Å². The predicted molar refractivity (Wildman–Crippen MR) is 91.8 cm³/mol. The van der Waals surface area contributed by atoms with E-state index in [1.54, 1.807) is 4.90 Å². The summed E-state index contributed by atoms with van der Waals surface area (Å²) < 4.78 is 24.3. The molecule has 1 aliphatic rings. The van der Waals surface area contributed by atoms with Crippen LogP contribution in [0.15, 0.2) is 30.3 Å². The SMILES string of the molecule is CC1(CN)CCN(C(=O)CS(=O)(=O)CCCc2ccccc2)C1. The van der Waals surface area contributed by atoms with E-state index < -0.39 is 9.84 Å². The molecule has 1 saturated heterocycles. The van der Waals surface area contributed by atoms with E-state index in [-0.39, 0.29) is 22.8 Å². The number of nitrogens with two attached hydrogens (primary N) is 1. The van der Waals surface area contributed by atoms with Crippen LogP contribution in [0.5, 0.6) is 0 Å². The van der Waals surface area contributed by atoms with Crippen molar-refractivity contribution in [2.45, 2.75) is 26.2 Å². The molecule has 0 aliphatic carbocycles. The summed E-state index contributed by atoms with van der Waals surface area (Å²) in [6.07, 6.45) is 2.09. The number of amides is 1. The Labute approximate surface area is 138 Å². The Hall–Kier alpha value is -1.40. The zero-order chi connectivity index (χ0) is 16.9. The number of carbonyl (C=O) groups is 1. The molecule has 1 atom stereocenters. The standard InChI is InChI=1S/C17H26N2O3S/c1-17(13-18)9-10-19(14-17)16(20)12-23(21,22)11-5-8-15-6-3-2-4-7-15/h2-4,6-7H,5,8-14,18H2,1H3. The fourth-order valence-corrected chi connectivity index (χ4v) is 4.18. The molecule has 5 nitrogen and oxygen atoms in total. The van der Waals surface area contributed by atoms with Crippen molar-refractivity contribution in [2.75, 3.05) is 31.1 Å². The number of hydrogen-bond donors (Lipinski definition) is 1. The minimum Gasteiger partial charge on any atom is -0.341 e. The number of carbonyl (C=O) groups excluding carboxylic acids is 1. The van der Waals surface area contributed by atoms with Gasteiger partial charge in [-0.25, -0.2) is 8.42 Å². The van der Waals surface area contributed by atoms with E-state index in [9.17, 15) is 13.2 Å².